The minimum absolute atomic E-state index is 0.119. The number of nitrogens with one attached hydrogen (secondary N) is 1. The van der Waals surface area contributed by atoms with E-state index in [1.54, 1.807) is 12.3 Å². The number of amides is 1. The Morgan fingerprint density at radius 3 is 2.68 bits per heavy atom. The molecule has 1 aliphatic carbocycles. The van der Waals surface area contributed by atoms with Crippen LogP contribution in [0.3, 0.4) is 0 Å². The molecule has 1 amide bonds. The fourth-order valence-electron chi connectivity index (χ4n) is 2.41. The maximum atomic E-state index is 12.1. The normalized spacial score (nSPS) is 23.4. The summed E-state index contributed by atoms with van der Waals surface area (Å²) < 4.78 is 0. The van der Waals surface area contributed by atoms with Gasteiger partial charge >= 0.3 is 0 Å². The number of aliphatic hydroxyl groups excluding tert-OH is 1. The molecule has 4 nitrogen and oxygen atoms in total. The van der Waals surface area contributed by atoms with E-state index in [9.17, 15) is 9.90 Å². The van der Waals surface area contributed by atoms with Crippen LogP contribution in [0.5, 0.6) is 0 Å². The molecule has 2 atom stereocenters. The molecule has 2 rings (SSSR count). The minimum Gasteiger partial charge on any atom is -0.391 e. The molecule has 1 aromatic rings. The van der Waals surface area contributed by atoms with Gasteiger partial charge in [0, 0.05) is 11.9 Å². The number of hydrogen-bond donors (Lipinski definition) is 2. The molecular formula is C15H22N2O2. The second-order valence-corrected chi connectivity index (χ2v) is 5.56. The summed E-state index contributed by atoms with van der Waals surface area (Å²) in [4.78, 5) is 16.4. The Labute approximate surface area is 114 Å². The van der Waals surface area contributed by atoms with Crippen molar-refractivity contribution >= 4 is 5.91 Å². The molecule has 1 saturated carbocycles. The van der Waals surface area contributed by atoms with E-state index in [0.717, 1.165) is 31.4 Å². The Bertz CT molecular complexity index is 428. The molecule has 0 saturated heterocycles. The predicted octanol–water partition coefficient (Wildman–Crippen LogP) is 2.24. The molecule has 0 aliphatic heterocycles. The zero-order chi connectivity index (χ0) is 13.8. The van der Waals surface area contributed by atoms with Crippen molar-refractivity contribution < 1.29 is 9.90 Å². The molecule has 19 heavy (non-hydrogen) atoms. The van der Waals surface area contributed by atoms with E-state index in [0.29, 0.717) is 11.5 Å². The van der Waals surface area contributed by atoms with Crippen LogP contribution in [0.25, 0.3) is 0 Å². The van der Waals surface area contributed by atoms with Crippen molar-refractivity contribution in [1.82, 2.24) is 10.3 Å². The topological polar surface area (TPSA) is 62.2 Å². The number of pyridine rings is 1. The Morgan fingerprint density at radius 1 is 1.37 bits per heavy atom. The zero-order valence-electron chi connectivity index (χ0n) is 11.6. The molecular weight excluding hydrogens is 240 g/mol. The third kappa shape index (κ3) is 3.53. The van der Waals surface area contributed by atoms with E-state index in [4.69, 9.17) is 0 Å². The summed E-state index contributed by atoms with van der Waals surface area (Å²) in [5, 5.41) is 12.8. The number of carbonyl (C=O) groups is 1. The lowest BCUT2D eigenvalue weighted by Crippen LogP contribution is -2.45. The summed E-state index contributed by atoms with van der Waals surface area (Å²) in [5.41, 5.74) is 1.54. The molecule has 2 N–H and O–H groups in total. The van der Waals surface area contributed by atoms with Crippen molar-refractivity contribution in [2.75, 3.05) is 0 Å². The number of nitrogens with zero attached hydrogens (tertiary/aromatic N) is 1. The smallest absolute Gasteiger partial charge is 0.253 e. The second-order valence-electron chi connectivity index (χ2n) is 5.56. The van der Waals surface area contributed by atoms with Gasteiger partial charge < -0.3 is 10.4 Å². The van der Waals surface area contributed by atoms with Crippen molar-refractivity contribution in [3.63, 3.8) is 0 Å². The van der Waals surface area contributed by atoms with Crippen molar-refractivity contribution in [3.8, 4) is 0 Å². The fourth-order valence-corrected chi connectivity index (χ4v) is 2.41. The van der Waals surface area contributed by atoms with Gasteiger partial charge in [0.2, 0.25) is 0 Å². The maximum absolute atomic E-state index is 12.1. The van der Waals surface area contributed by atoms with Gasteiger partial charge in [0.15, 0.2) is 0 Å². The van der Waals surface area contributed by atoms with Gasteiger partial charge in [0.1, 0.15) is 0 Å². The van der Waals surface area contributed by atoms with Gasteiger partial charge in [-0.25, -0.2) is 0 Å². The number of hydrogen-bond acceptors (Lipinski definition) is 3. The van der Waals surface area contributed by atoms with E-state index in [2.05, 4.69) is 24.1 Å². The molecule has 1 heterocycles. The Hall–Kier alpha value is -1.42. The van der Waals surface area contributed by atoms with Gasteiger partial charge in [-0.05, 0) is 30.9 Å². The third-order valence-corrected chi connectivity index (χ3v) is 3.69. The van der Waals surface area contributed by atoms with E-state index in [1.165, 1.54) is 0 Å². The van der Waals surface area contributed by atoms with E-state index in [1.807, 2.05) is 6.07 Å². The molecule has 0 aromatic carbocycles. The van der Waals surface area contributed by atoms with Crippen LogP contribution in [0.4, 0.5) is 0 Å². The first-order valence-electron chi connectivity index (χ1n) is 7.03. The largest absolute Gasteiger partial charge is 0.391 e. The van der Waals surface area contributed by atoms with Gasteiger partial charge in [0.25, 0.3) is 5.91 Å². The molecule has 4 heteroatoms. The lowest BCUT2D eigenvalue weighted by molar-refractivity contribution is 0.0717. The average Bonchev–Trinajstić information content (AvgIpc) is 2.41. The van der Waals surface area contributed by atoms with E-state index in [-0.39, 0.29) is 11.9 Å². The summed E-state index contributed by atoms with van der Waals surface area (Å²) in [6, 6.07) is 3.56. The molecule has 2 unspecified atom stereocenters. The summed E-state index contributed by atoms with van der Waals surface area (Å²) in [6.07, 6.45) is 4.92. The molecule has 104 valence electrons. The number of carbonyl (C=O) groups excluding carboxylic acids is 1. The van der Waals surface area contributed by atoms with Crippen LogP contribution >= 0.6 is 0 Å². The lowest BCUT2D eigenvalue weighted by atomic mass is 9.92. The van der Waals surface area contributed by atoms with Gasteiger partial charge in [-0.3, -0.25) is 9.78 Å². The van der Waals surface area contributed by atoms with Crippen LogP contribution in [0.1, 0.15) is 61.5 Å². The first-order chi connectivity index (χ1) is 9.08. The Balaban J connectivity index is 1.99. The van der Waals surface area contributed by atoms with Crippen LogP contribution in [-0.4, -0.2) is 28.1 Å². The van der Waals surface area contributed by atoms with Crippen LogP contribution < -0.4 is 5.32 Å². The van der Waals surface area contributed by atoms with Crippen LogP contribution in [0.2, 0.25) is 0 Å². The monoisotopic (exact) mass is 262 g/mol. The maximum Gasteiger partial charge on any atom is 0.253 e. The minimum atomic E-state index is -0.416. The summed E-state index contributed by atoms with van der Waals surface area (Å²) >= 11 is 0. The highest BCUT2D eigenvalue weighted by Crippen LogP contribution is 2.19. The highest BCUT2D eigenvalue weighted by molar-refractivity contribution is 5.94. The highest BCUT2D eigenvalue weighted by atomic mass is 16.3. The standard InChI is InChI=1S/C15H22N2O2/c1-10(2)12-8-7-11(9-16-12)15(19)17-13-5-3-4-6-14(13)18/h7-10,13-14,18H,3-6H2,1-2H3,(H,17,19). The summed E-state index contributed by atoms with van der Waals surface area (Å²) in [7, 11) is 0. The lowest BCUT2D eigenvalue weighted by Gasteiger charge is -2.28. The van der Waals surface area contributed by atoms with Gasteiger partial charge in [0.05, 0.1) is 17.7 Å². The van der Waals surface area contributed by atoms with Crippen molar-refractivity contribution in [2.45, 2.75) is 57.6 Å². The number of aromatic nitrogens is 1. The zero-order valence-corrected chi connectivity index (χ0v) is 11.6. The molecule has 0 spiro atoms. The number of aliphatic hydroxyl groups is 1. The van der Waals surface area contributed by atoms with Crippen LogP contribution in [0.15, 0.2) is 18.3 Å². The Morgan fingerprint density at radius 2 is 2.11 bits per heavy atom. The molecule has 1 aliphatic rings. The van der Waals surface area contributed by atoms with E-state index >= 15 is 0 Å². The average molecular weight is 262 g/mol. The van der Waals surface area contributed by atoms with Gasteiger partial charge in [-0.15, -0.1) is 0 Å². The van der Waals surface area contributed by atoms with Crippen LogP contribution in [-0.2, 0) is 0 Å². The second kappa shape index (κ2) is 6.15. The number of rotatable bonds is 3. The van der Waals surface area contributed by atoms with Crippen molar-refractivity contribution in [1.29, 1.82) is 0 Å². The Kier molecular flexibility index (Phi) is 4.53. The quantitative estimate of drug-likeness (QED) is 0.878. The molecule has 0 bridgehead atoms. The van der Waals surface area contributed by atoms with Crippen molar-refractivity contribution in [2.24, 2.45) is 0 Å². The van der Waals surface area contributed by atoms with Gasteiger partial charge in [-0.2, -0.15) is 0 Å². The summed E-state index contributed by atoms with van der Waals surface area (Å²) in [5.74, 6) is 0.214. The first-order valence-corrected chi connectivity index (χ1v) is 7.03. The SMILES string of the molecule is CC(C)c1ccc(C(=O)NC2CCCCC2O)cn1. The summed E-state index contributed by atoms with van der Waals surface area (Å²) in [6.45, 7) is 4.14. The molecule has 0 radical (unpaired) electrons. The highest BCUT2D eigenvalue weighted by Gasteiger charge is 2.24. The third-order valence-electron chi connectivity index (χ3n) is 3.69. The van der Waals surface area contributed by atoms with E-state index < -0.39 is 6.10 Å². The first kappa shape index (κ1) is 14.0. The van der Waals surface area contributed by atoms with Crippen molar-refractivity contribution in [3.05, 3.63) is 29.6 Å². The predicted molar refractivity (Wildman–Crippen MR) is 74.1 cm³/mol. The molecule has 1 fully saturated rings. The van der Waals surface area contributed by atoms with Crippen LogP contribution in [0, 0.1) is 0 Å². The fraction of sp³-hybridized carbons (Fsp3) is 0.600. The van der Waals surface area contributed by atoms with Gasteiger partial charge in [-0.1, -0.05) is 26.7 Å². The molecule has 1 aromatic heterocycles.